The van der Waals surface area contributed by atoms with Crippen LogP contribution >= 0.6 is 26.5 Å². The van der Waals surface area contributed by atoms with Crippen molar-refractivity contribution in [1.82, 2.24) is 4.98 Å². The Hall–Kier alpha value is -0.110. The molecule has 0 fully saturated rings. The molecule has 0 aliphatic heterocycles. The van der Waals surface area contributed by atoms with Crippen molar-refractivity contribution in [3.8, 4) is 0 Å². The van der Waals surface area contributed by atoms with Crippen molar-refractivity contribution in [1.29, 1.82) is 0 Å². The molecular weight excluding hydrogens is 292 g/mol. The van der Waals surface area contributed by atoms with Crippen LogP contribution in [-0.4, -0.2) is 34.7 Å². The third kappa shape index (κ3) is 3.01. The lowest BCUT2D eigenvalue weighted by Crippen LogP contribution is -2.31. The fraction of sp³-hybridized carbons (Fsp3) is 0.500. The van der Waals surface area contributed by atoms with E-state index in [-0.39, 0.29) is 5.69 Å². The first-order chi connectivity index (χ1) is 7.47. The smallest absolute Gasteiger partial charge is 0.367 e. The molecule has 1 aromatic rings. The molecule has 0 aliphatic rings. The lowest BCUT2D eigenvalue weighted by molar-refractivity contribution is 0.130. The summed E-state index contributed by atoms with van der Waals surface area (Å²) in [7, 11) is -10.8. The maximum absolute atomic E-state index is 11.0. The Kier molecular flexibility index (Phi) is 3.98. The standard InChI is InChI=1S/C6H11NO7P2S/c1-4-7-5(3-17-4)2-6(8,15(9,10)11)16(12,13)14/h3,8H,2H2,1H3,(H2,9,10,11)(H2,12,13,14). The van der Waals surface area contributed by atoms with E-state index >= 15 is 0 Å². The fourth-order valence-electron chi connectivity index (χ4n) is 1.11. The summed E-state index contributed by atoms with van der Waals surface area (Å²) in [6.07, 6.45) is -0.911. The highest BCUT2D eigenvalue weighted by atomic mass is 32.1. The summed E-state index contributed by atoms with van der Waals surface area (Å²) in [6, 6.07) is 0. The fourth-order valence-corrected chi connectivity index (χ4v) is 3.81. The van der Waals surface area contributed by atoms with Gasteiger partial charge in [0.2, 0.25) is 0 Å². The van der Waals surface area contributed by atoms with E-state index in [0.717, 1.165) is 11.3 Å². The van der Waals surface area contributed by atoms with Gasteiger partial charge in [0.15, 0.2) is 0 Å². The van der Waals surface area contributed by atoms with E-state index in [4.69, 9.17) is 19.6 Å². The lowest BCUT2D eigenvalue weighted by atomic mass is 10.3. The second-order valence-corrected chi connectivity index (χ2v) is 8.47. The van der Waals surface area contributed by atoms with Gasteiger partial charge in [-0.3, -0.25) is 9.13 Å². The quantitative estimate of drug-likeness (QED) is 0.488. The Morgan fingerprint density at radius 1 is 1.29 bits per heavy atom. The number of aromatic nitrogens is 1. The highest BCUT2D eigenvalue weighted by Gasteiger charge is 2.59. The molecule has 1 heterocycles. The molecule has 0 unspecified atom stereocenters. The summed E-state index contributed by atoms with van der Waals surface area (Å²) in [5.74, 6) is 0. The van der Waals surface area contributed by atoms with Crippen molar-refractivity contribution in [2.24, 2.45) is 0 Å². The van der Waals surface area contributed by atoms with Gasteiger partial charge in [-0.1, -0.05) is 0 Å². The maximum Gasteiger partial charge on any atom is 0.369 e. The van der Waals surface area contributed by atoms with Gasteiger partial charge in [-0.2, -0.15) is 0 Å². The number of thiazole rings is 1. The van der Waals surface area contributed by atoms with E-state index in [1.54, 1.807) is 6.92 Å². The van der Waals surface area contributed by atoms with Gasteiger partial charge in [0.1, 0.15) is 0 Å². The van der Waals surface area contributed by atoms with Crippen molar-refractivity contribution < 1.29 is 33.8 Å². The predicted octanol–water partition coefficient (Wildman–Crippen LogP) is -0.00448. The van der Waals surface area contributed by atoms with Gasteiger partial charge in [0, 0.05) is 11.8 Å². The SMILES string of the molecule is Cc1nc(CC(O)(P(=O)(O)O)P(=O)(O)O)cs1. The summed E-state index contributed by atoms with van der Waals surface area (Å²) >= 11 is 1.14. The van der Waals surface area contributed by atoms with Crippen molar-refractivity contribution in [3.05, 3.63) is 16.1 Å². The molecule has 5 N–H and O–H groups in total. The summed E-state index contributed by atoms with van der Waals surface area (Å²) in [6.45, 7) is 1.61. The monoisotopic (exact) mass is 303 g/mol. The van der Waals surface area contributed by atoms with E-state index in [0.29, 0.717) is 5.01 Å². The van der Waals surface area contributed by atoms with Gasteiger partial charge >= 0.3 is 15.2 Å². The zero-order valence-electron chi connectivity index (χ0n) is 8.59. The first kappa shape index (κ1) is 14.9. The van der Waals surface area contributed by atoms with E-state index < -0.39 is 26.7 Å². The third-order valence-electron chi connectivity index (χ3n) is 2.02. The summed E-state index contributed by atoms with van der Waals surface area (Å²) in [4.78, 5) is 39.3. The van der Waals surface area contributed by atoms with Gasteiger partial charge in [-0.25, -0.2) is 4.98 Å². The second-order valence-electron chi connectivity index (χ2n) is 3.40. The van der Waals surface area contributed by atoms with Gasteiger partial charge < -0.3 is 24.7 Å². The molecule has 0 aliphatic carbocycles. The second kappa shape index (κ2) is 4.53. The Balaban J connectivity index is 3.19. The molecule has 0 bridgehead atoms. The molecular formula is C6H11NO7P2S. The summed E-state index contributed by atoms with van der Waals surface area (Å²) in [5.41, 5.74) is 0.0154. The van der Waals surface area contributed by atoms with Crippen molar-refractivity contribution >= 4 is 26.5 Å². The van der Waals surface area contributed by atoms with Gasteiger partial charge in [-0.15, -0.1) is 11.3 Å². The Morgan fingerprint density at radius 3 is 2.06 bits per heavy atom. The number of rotatable bonds is 4. The largest absolute Gasteiger partial charge is 0.369 e. The van der Waals surface area contributed by atoms with Crippen LogP contribution in [0.1, 0.15) is 10.7 Å². The minimum Gasteiger partial charge on any atom is -0.367 e. The predicted molar refractivity (Wildman–Crippen MR) is 59.6 cm³/mol. The van der Waals surface area contributed by atoms with Gasteiger partial charge in [0.05, 0.1) is 10.7 Å². The van der Waals surface area contributed by atoms with E-state index in [1.807, 2.05) is 0 Å². The molecule has 0 saturated heterocycles. The molecule has 1 rings (SSSR count). The van der Waals surface area contributed by atoms with E-state index in [1.165, 1.54) is 5.38 Å². The highest BCUT2D eigenvalue weighted by molar-refractivity contribution is 7.72. The van der Waals surface area contributed by atoms with E-state index in [2.05, 4.69) is 4.98 Å². The molecule has 0 amide bonds. The van der Waals surface area contributed by atoms with Crippen LogP contribution in [0.15, 0.2) is 5.38 Å². The summed E-state index contributed by atoms with van der Waals surface area (Å²) < 4.78 is 22.1. The Labute approximate surface area is 100 Å². The Bertz CT molecular complexity index is 480. The van der Waals surface area contributed by atoms with E-state index in [9.17, 15) is 14.2 Å². The first-order valence-corrected chi connectivity index (χ1v) is 8.32. The van der Waals surface area contributed by atoms with Crippen LogP contribution in [0.25, 0.3) is 0 Å². The molecule has 0 atom stereocenters. The minimum atomic E-state index is -5.41. The molecule has 98 valence electrons. The minimum absolute atomic E-state index is 0.0154. The van der Waals surface area contributed by atoms with Gasteiger partial charge in [-0.05, 0) is 6.92 Å². The molecule has 11 heteroatoms. The summed E-state index contributed by atoms with van der Waals surface area (Å²) in [5, 5.41) is 8.08. The normalized spacial score (nSPS) is 14.0. The van der Waals surface area contributed by atoms with Crippen LogP contribution in [0.4, 0.5) is 0 Å². The molecule has 0 radical (unpaired) electrons. The number of aryl methyl sites for hydroxylation is 1. The van der Waals surface area contributed by atoms with Crippen molar-refractivity contribution in [3.63, 3.8) is 0 Å². The van der Waals surface area contributed by atoms with Gasteiger partial charge in [0.25, 0.3) is 5.08 Å². The number of aliphatic hydroxyl groups is 1. The zero-order valence-corrected chi connectivity index (χ0v) is 11.2. The number of hydrogen-bond donors (Lipinski definition) is 5. The number of nitrogens with zero attached hydrogens (tertiary/aromatic N) is 1. The Morgan fingerprint density at radius 2 is 1.76 bits per heavy atom. The zero-order chi connectivity index (χ0) is 13.5. The van der Waals surface area contributed by atoms with Crippen LogP contribution in [0.5, 0.6) is 0 Å². The average Bonchev–Trinajstić information content (AvgIpc) is 2.47. The molecule has 1 aromatic heterocycles. The highest BCUT2D eigenvalue weighted by Crippen LogP contribution is 2.68. The molecule has 0 aromatic carbocycles. The first-order valence-electron chi connectivity index (χ1n) is 4.22. The molecule has 17 heavy (non-hydrogen) atoms. The average molecular weight is 303 g/mol. The van der Waals surface area contributed by atoms with Crippen LogP contribution < -0.4 is 0 Å². The van der Waals surface area contributed by atoms with Crippen LogP contribution in [0.2, 0.25) is 0 Å². The van der Waals surface area contributed by atoms with Crippen molar-refractivity contribution in [2.75, 3.05) is 0 Å². The lowest BCUT2D eigenvalue weighted by Gasteiger charge is -2.28. The van der Waals surface area contributed by atoms with Crippen LogP contribution in [0.3, 0.4) is 0 Å². The number of hydrogen-bond acceptors (Lipinski definition) is 5. The third-order valence-corrected chi connectivity index (χ3v) is 6.59. The molecule has 8 nitrogen and oxygen atoms in total. The topological polar surface area (TPSA) is 148 Å². The van der Waals surface area contributed by atoms with Crippen LogP contribution in [-0.2, 0) is 15.6 Å². The maximum atomic E-state index is 11.0. The van der Waals surface area contributed by atoms with Crippen LogP contribution in [0, 0.1) is 6.92 Å². The van der Waals surface area contributed by atoms with Crippen molar-refractivity contribution in [2.45, 2.75) is 18.4 Å². The molecule has 0 spiro atoms. The molecule has 0 saturated carbocycles.